The van der Waals surface area contributed by atoms with Crippen molar-refractivity contribution in [3.05, 3.63) is 46.6 Å². The molecule has 3 aromatic rings. The number of aromatic nitrogens is 4. The van der Waals surface area contributed by atoms with Gasteiger partial charge in [-0.2, -0.15) is 5.10 Å². The van der Waals surface area contributed by atoms with Gasteiger partial charge in [-0.15, -0.1) is 0 Å². The molecule has 0 aliphatic carbocycles. The molecule has 148 valence electrons. The number of methoxy groups -OCH3 is 1. The molecule has 0 aliphatic heterocycles. The van der Waals surface area contributed by atoms with Crippen molar-refractivity contribution < 1.29 is 9.53 Å². The molecule has 0 radical (unpaired) electrons. The molecule has 1 amide bonds. The Kier molecular flexibility index (Phi) is 5.22. The van der Waals surface area contributed by atoms with Crippen LogP contribution in [0.2, 0.25) is 0 Å². The van der Waals surface area contributed by atoms with Crippen molar-refractivity contribution in [1.29, 1.82) is 0 Å². The number of carbonyl (C=O) groups excluding carboxylic acids is 1. The van der Waals surface area contributed by atoms with E-state index in [1.165, 1.54) is 17.1 Å². The molecule has 0 spiro atoms. The number of rotatable bonds is 5. The van der Waals surface area contributed by atoms with Crippen LogP contribution in [-0.2, 0) is 23.8 Å². The minimum absolute atomic E-state index is 0.0517. The highest BCUT2D eigenvalue weighted by Gasteiger charge is 2.17. The van der Waals surface area contributed by atoms with E-state index in [0.29, 0.717) is 22.5 Å². The average molecular weight is 383 g/mol. The van der Waals surface area contributed by atoms with E-state index in [9.17, 15) is 9.59 Å². The lowest BCUT2D eigenvalue weighted by molar-refractivity contribution is -0.116. The minimum atomic E-state index is -0.210. The van der Waals surface area contributed by atoms with Gasteiger partial charge in [-0.25, -0.2) is 4.98 Å². The first-order valence-corrected chi connectivity index (χ1v) is 9.06. The van der Waals surface area contributed by atoms with E-state index in [2.05, 4.69) is 36.2 Å². The summed E-state index contributed by atoms with van der Waals surface area (Å²) in [6, 6.07) is 5.76. The molecule has 1 N–H and O–H groups in total. The summed E-state index contributed by atoms with van der Waals surface area (Å²) in [5.74, 6) is 0.388. The van der Waals surface area contributed by atoms with Gasteiger partial charge in [0.05, 0.1) is 25.3 Å². The summed E-state index contributed by atoms with van der Waals surface area (Å²) in [6.07, 6.45) is 3.07. The zero-order valence-electron chi connectivity index (χ0n) is 16.8. The number of carbonyl (C=O) groups is 1. The van der Waals surface area contributed by atoms with Gasteiger partial charge in [0.2, 0.25) is 5.91 Å². The number of hydrogen-bond donors (Lipinski definition) is 1. The van der Waals surface area contributed by atoms with E-state index in [1.54, 1.807) is 18.8 Å². The number of aryl methyl sites for hydroxylation is 2. The fraction of sp³-hybridized carbons (Fsp3) is 0.400. The number of amides is 1. The van der Waals surface area contributed by atoms with E-state index in [0.717, 1.165) is 5.56 Å². The van der Waals surface area contributed by atoms with Gasteiger partial charge < -0.3 is 10.1 Å². The van der Waals surface area contributed by atoms with Crippen LogP contribution in [0.3, 0.4) is 0 Å². The van der Waals surface area contributed by atoms with Crippen LogP contribution in [0.4, 0.5) is 5.69 Å². The third-order valence-electron chi connectivity index (χ3n) is 4.64. The lowest BCUT2D eigenvalue weighted by Crippen LogP contribution is -2.23. The van der Waals surface area contributed by atoms with Crippen molar-refractivity contribution in [1.82, 2.24) is 19.3 Å². The van der Waals surface area contributed by atoms with Crippen LogP contribution in [0, 0.1) is 0 Å². The summed E-state index contributed by atoms with van der Waals surface area (Å²) < 4.78 is 8.32. The molecular weight excluding hydrogens is 358 g/mol. The summed E-state index contributed by atoms with van der Waals surface area (Å²) in [4.78, 5) is 29.2. The molecule has 0 atom stereocenters. The van der Waals surface area contributed by atoms with E-state index < -0.39 is 0 Å². The first kappa shape index (κ1) is 19.6. The largest absolute Gasteiger partial charge is 0.495 e. The lowest BCUT2D eigenvalue weighted by Gasteiger charge is -2.21. The van der Waals surface area contributed by atoms with Gasteiger partial charge in [0.15, 0.2) is 5.65 Å². The van der Waals surface area contributed by atoms with E-state index >= 15 is 0 Å². The predicted octanol–water partition coefficient (Wildman–Crippen LogP) is 2.46. The molecule has 28 heavy (non-hydrogen) atoms. The Morgan fingerprint density at radius 2 is 2.04 bits per heavy atom. The normalized spacial score (nSPS) is 11.6. The molecule has 0 fully saturated rings. The Labute approximate surface area is 163 Å². The molecule has 0 saturated carbocycles. The van der Waals surface area contributed by atoms with E-state index in [-0.39, 0.29) is 29.8 Å². The Bertz CT molecular complexity index is 1080. The van der Waals surface area contributed by atoms with Crippen molar-refractivity contribution in [3.63, 3.8) is 0 Å². The quantitative estimate of drug-likeness (QED) is 0.731. The van der Waals surface area contributed by atoms with Crippen molar-refractivity contribution in [2.24, 2.45) is 7.05 Å². The third kappa shape index (κ3) is 3.90. The highest BCUT2D eigenvalue weighted by atomic mass is 16.5. The predicted molar refractivity (Wildman–Crippen MR) is 108 cm³/mol. The molecule has 8 heteroatoms. The third-order valence-corrected chi connectivity index (χ3v) is 4.64. The monoisotopic (exact) mass is 383 g/mol. The zero-order chi connectivity index (χ0) is 20.5. The molecule has 3 rings (SSSR count). The number of benzene rings is 1. The minimum Gasteiger partial charge on any atom is -0.495 e. The van der Waals surface area contributed by atoms with Gasteiger partial charge in [-0.05, 0) is 23.1 Å². The second kappa shape index (κ2) is 7.46. The number of hydrogen-bond acceptors (Lipinski definition) is 5. The molecule has 0 bridgehead atoms. The Morgan fingerprint density at radius 1 is 1.29 bits per heavy atom. The average Bonchev–Trinajstić information content (AvgIpc) is 3.02. The molecule has 2 heterocycles. The summed E-state index contributed by atoms with van der Waals surface area (Å²) in [7, 11) is 3.29. The van der Waals surface area contributed by atoms with E-state index in [1.807, 2.05) is 18.2 Å². The molecule has 0 aliphatic rings. The molecule has 2 aromatic heterocycles. The molecule has 0 unspecified atom stereocenters. The first-order chi connectivity index (χ1) is 13.2. The topological polar surface area (TPSA) is 91.0 Å². The smallest absolute Gasteiger partial charge is 0.264 e. The standard InChI is InChI=1S/C20H25N5O3/c1-20(2,3)13-6-7-16(28-5)15(10-13)23-17(26)8-9-25-12-21-18-14(19(25)27)11-22-24(18)4/h6-7,10-12H,8-9H2,1-5H3,(H,23,26). The summed E-state index contributed by atoms with van der Waals surface area (Å²) >= 11 is 0. The molecule has 8 nitrogen and oxygen atoms in total. The zero-order valence-corrected chi connectivity index (χ0v) is 16.8. The summed E-state index contributed by atoms with van der Waals surface area (Å²) in [5, 5.41) is 7.37. The van der Waals surface area contributed by atoms with Crippen molar-refractivity contribution in [3.8, 4) is 5.75 Å². The summed E-state index contributed by atoms with van der Waals surface area (Å²) in [5.41, 5.74) is 1.97. The van der Waals surface area contributed by atoms with Crippen LogP contribution < -0.4 is 15.6 Å². The maximum atomic E-state index is 12.5. The second-order valence-electron chi connectivity index (χ2n) is 7.71. The van der Waals surface area contributed by atoms with Gasteiger partial charge >= 0.3 is 0 Å². The van der Waals surface area contributed by atoms with Crippen LogP contribution in [-0.4, -0.2) is 32.3 Å². The number of nitrogens with one attached hydrogen (secondary N) is 1. The highest BCUT2D eigenvalue weighted by Crippen LogP contribution is 2.31. The molecule has 0 saturated heterocycles. The highest BCUT2D eigenvalue weighted by molar-refractivity contribution is 5.92. The van der Waals surface area contributed by atoms with Gasteiger partial charge in [-0.3, -0.25) is 18.8 Å². The van der Waals surface area contributed by atoms with Crippen LogP contribution in [0.25, 0.3) is 11.0 Å². The Balaban J connectivity index is 1.74. The number of anilines is 1. The molecular formula is C20H25N5O3. The van der Waals surface area contributed by atoms with Crippen molar-refractivity contribution in [2.45, 2.75) is 39.2 Å². The second-order valence-corrected chi connectivity index (χ2v) is 7.71. The number of nitrogens with zero attached hydrogens (tertiary/aromatic N) is 4. The lowest BCUT2D eigenvalue weighted by atomic mass is 9.87. The van der Waals surface area contributed by atoms with Gasteiger partial charge in [0, 0.05) is 20.0 Å². The first-order valence-electron chi connectivity index (χ1n) is 9.06. The number of ether oxygens (including phenoxy) is 1. The number of fused-ring (bicyclic) bond motifs is 1. The van der Waals surface area contributed by atoms with Crippen LogP contribution in [0.15, 0.2) is 35.5 Å². The van der Waals surface area contributed by atoms with Crippen molar-refractivity contribution >= 4 is 22.6 Å². The maximum Gasteiger partial charge on any atom is 0.264 e. The fourth-order valence-corrected chi connectivity index (χ4v) is 2.93. The van der Waals surface area contributed by atoms with Crippen LogP contribution >= 0.6 is 0 Å². The van der Waals surface area contributed by atoms with E-state index in [4.69, 9.17) is 4.74 Å². The maximum absolute atomic E-state index is 12.5. The Morgan fingerprint density at radius 3 is 2.71 bits per heavy atom. The van der Waals surface area contributed by atoms with Gasteiger partial charge in [0.25, 0.3) is 5.56 Å². The van der Waals surface area contributed by atoms with Crippen molar-refractivity contribution in [2.75, 3.05) is 12.4 Å². The fourth-order valence-electron chi connectivity index (χ4n) is 2.93. The van der Waals surface area contributed by atoms with Crippen LogP contribution in [0.1, 0.15) is 32.8 Å². The van der Waals surface area contributed by atoms with Gasteiger partial charge in [0.1, 0.15) is 11.1 Å². The summed E-state index contributed by atoms with van der Waals surface area (Å²) in [6.45, 7) is 6.54. The van der Waals surface area contributed by atoms with Crippen LogP contribution in [0.5, 0.6) is 5.75 Å². The molecule has 1 aromatic carbocycles. The Hall–Kier alpha value is -3.16. The van der Waals surface area contributed by atoms with Gasteiger partial charge in [-0.1, -0.05) is 26.8 Å². The SMILES string of the molecule is COc1ccc(C(C)(C)C)cc1NC(=O)CCn1cnc2c(cnn2C)c1=O.